The molecule has 0 fully saturated rings. The van der Waals surface area contributed by atoms with Crippen molar-refractivity contribution in [3.05, 3.63) is 437 Å². The van der Waals surface area contributed by atoms with E-state index in [0.29, 0.717) is 34.9 Å². The third-order valence-corrected chi connectivity index (χ3v) is 28.8. The molecule has 0 saturated heterocycles. The molecule has 0 saturated carbocycles. The lowest BCUT2D eigenvalue weighted by Gasteiger charge is -2.11. The maximum Gasteiger partial charge on any atom is 0.164 e. The zero-order valence-electron chi connectivity index (χ0n) is 71.3. The Kier molecular flexibility index (Phi) is 17.5. The van der Waals surface area contributed by atoms with E-state index in [4.69, 9.17) is 34.3 Å². The van der Waals surface area contributed by atoms with Crippen molar-refractivity contribution in [2.45, 2.75) is 0 Å². The summed E-state index contributed by atoms with van der Waals surface area (Å²) in [6.07, 6.45) is 0. The van der Waals surface area contributed by atoms with E-state index in [1.165, 1.54) is 117 Å². The molecule has 620 valence electrons. The fraction of sp³-hybridized carbons (Fsp3) is 0. The van der Waals surface area contributed by atoms with Gasteiger partial charge in [0.15, 0.2) is 34.9 Å². The van der Waals surface area contributed by atoms with Crippen LogP contribution in [-0.4, -0.2) is 48.2 Å². The summed E-state index contributed by atoms with van der Waals surface area (Å²) < 4.78 is 21.2. The number of aromatic nitrogens is 10. The van der Waals surface area contributed by atoms with Gasteiger partial charge in [-0.1, -0.05) is 291 Å². The summed E-state index contributed by atoms with van der Waals surface area (Å²) in [7, 11) is 0. The Bertz CT molecular complexity index is 9470. The highest BCUT2D eigenvalue weighted by molar-refractivity contribution is 7.27. The quantitative estimate of drug-likeness (QED) is 0.120. The number of benzene rings is 19. The molecule has 11 nitrogen and oxygen atoms in total. The number of fused-ring (bicyclic) bond motifs is 22. The van der Waals surface area contributed by atoms with Crippen molar-refractivity contribution in [3.63, 3.8) is 0 Å². The van der Waals surface area contributed by atoms with E-state index in [-0.39, 0.29) is 0 Å². The minimum Gasteiger partial charge on any atom is -0.455 e. The molecule has 28 aromatic rings. The zero-order chi connectivity index (χ0) is 87.3. The van der Waals surface area contributed by atoms with E-state index in [9.17, 15) is 0 Å². The lowest BCUT2D eigenvalue weighted by Crippen LogP contribution is -2.00. The first-order chi connectivity index (χ1) is 65.9. The highest BCUT2D eigenvalue weighted by atomic mass is 32.1. The summed E-state index contributed by atoms with van der Waals surface area (Å²) in [5.74, 6) is 3.88. The van der Waals surface area contributed by atoms with Crippen LogP contribution in [0.15, 0.2) is 441 Å². The number of hydrogen-bond acceptors (Lipinski definition) is 9. The molecule has 0 spiro atoms. The van der Waals surface area contributed by atoms with Crippen molar-refractivity contribution in [2.24, 2.45) is 0 Å². The molecular weight excluding hydrogens is 1660 g/mol. The number of nitrogens with zero attached hydrogens (tertiary/aromatic N) is 10. The molecule has 19 aromatic carbocycles. The van der Waals surface area contributed by atoms with Crippen molar-refractivity contribution in [3.8, 4) is 113 Å². The predicted octanol–water partition coefficient (Wildman–Crippen LogP) is 32.1. The first kappa shape index (κ1) is 75.8. The third-order valence-electron chi connectivity index (χ3n) is 26.4. The maximum absolute atomic E-state index is 6.50. The van der Waals surface area contributed by atoms with Gasteiger partial charge in [-0.3, -0.25) is 0 Å². The molecule has 0 aliphatic carbocycles. The molecule has 9 heterocycles. The third kappa shape index (κ3) is 12.5. The molecule has 0 N–H and O–H groups in total. The number of thiophene rings is 2. The molecule has 0 atom stereocenters. The molecule has 0 aliphatic rings. The first-order valence-electron chi connectivity index (χ1n) is 44.7. The van der Waals surface area contributed by atoms with Gasteiger partial charge in [-0.25, -0.2) is 29.9 Å². The molecule has 13 heteroatoms. The van der Waals surface area contributed by atoms with Gasteiger partial charge in [0.25, 0.3) is 0 Å². The summed E-state index contributed by atoms with van der Waals surface area (Å²) in [6.45, 7) is 0. The van der Waals surface area contributed by atoms with Gasteiger partial charge in [0.05, 0.1) is 48.8 Å². The second kappa shape index (κ2) is 30.7. The van der Waals surface area contributed by atoms with Crippen LogP contribution in [0.2, 0.25) is 0 Å². The zero-order valence-corrected chi connectivity index (χ0v) is 72.9. The van der Waals surface area contributed by atoms with Gasteiger partial charge in [0.1, 0.15) is 11.2 Å². The van der Waals surface area contributed by atoms with Crippen LogP contribution >= 0.6 is 22.7 Å². The second-order valence-electron chi connectivity index (χ2n) is 33.9. The van der Waals surface area contributed by atoms with Crippen LogP contribution in [0, 0.1) is 0 Å². The fourth-order valence-corrected chi connectivity index (χ4v) is 22.7. The van der Waals surface area contributed by atoms with Crippen LogP contribution in [0.25, 0.3) is 263 Å². The Balaban J connectivity index is 0.000000137. The highest BCUT2D eigenvalue weighted by Gasteiger charge is 2.26. The Morgan fingerprint density at radius 2 is 0.511 bits per heavy atom. The standard InChI is InChI=1S/C63H37N5OS.C57H35N5S/c1-3-14-38(15-4-1)61-64-62(39-16-5-2-6-17-39)66-63(65-61)41-27-32-58-51(35-41)52-37-43(29-33-59(52)70-58)68-54-24-11-8-19-46(54)50-36-42(28-31-56(50)68)67-53-23-10-7-18-45(53)49-34-40(26-30-55(49)67)44-21-13-22-48-47-20-9-12-25-57(47)69-60(44)48;1-4-15-36(16-5-1)55-58-56(37-17-6-2-7-18-37)60-57(59-55)38-27-30-41(31-28-38)61-49-25-12-11-22-44(49)48-35-39(29-34-51(48)61)42-23-14-24-46-47-33-32-45-43-21-10-13-26-50(43)62(40-19-8-3-9-20-40)52(45)54(47)63-53(42)46/h1-37H;1-35H. The minimum absolute atomic E-state index is 0.638. The molecule has 9 aromatic heterocycles. The van der Waals surface area contributed by atoms with Crippen LogP contribution in [-0.2, 0) is 0 Å². The molecular formula is C120H72N10OS2. The van der Waals surface area contributed by atoms with Gasteiger partial charge in [-0.05, 0) is 162 Å². The number of hydrogen-bond donors (Lipinski definition) is 0. The lowest BCUT2D eigenvalue weighted by molar-refractivity contribution is 0.670. The molecule has 0 aliphatic heterocycles. The summed E-state index contributed by atoms with van der Waals surface area (Å²) >= 11 is 3.72. The molecule has 0 radical (unpaired) electrons. The van der Waals surface area contributed by atoms with E-state index in [1.807, 2.05) is 156 Å². The molecule has 0 amide bonds. The maximum atomic E-state index is 6.50. The lowest BCUT2D eigenvalue weighted by atomic mass is 10.0. The van der Waals surface area contributed by atoms with Gasteiger partial charge >= 0.3 is 0 Å². The fourth-order valence-electron chi connectivity index (χ4n) is 20.2. The van der Waals surface area contributed by atoms with Gasteiger partial charge in [-0.15, -0.1) is 22.7 Å². The van der Waals surface area contributed by atoms with Gasteiger partial charge in [0, 0.05) is 151 Å². The highest BCUT2D eigenvalue weighted by Crippen LogP contribution is 2.49. The topological polar surface area (TPSA) is 110 Å². The molecule has 0 unspecified atom stereocenters. The van der Waals surface area contributed by atoms with Gasteiger partial charge in [0.2, 0.25) is 0 Å². The SMILES string of the molecule is c1ccc(-c2nc(-c3ccccc3)nc(-c3ccc(-n4c5ccccc5c5cc(-c6cccc7c6sc6c7ccc7c8ccccc8n(-c8ccccc8)c76)ccc54)cc3)n2)cc1.c1ccc(-c2nc(-c3ccccc3)nc(-c3ccc4sc5ccc(-n6c7ccccc7c7cc(-n8c9ccccc9c9cc(-c%10cccc%11c%10oc%10ccccc%10%11)ccc98)ccc76)cc5c4c3)n2)cc1. The second-order valence-corrected chi connectivity index (χ2v) is 36.0. The average Bonchev–Trinajstić information content (AvgIpc) is 1.56. The van der Waals surface area contributed by atoms with Crippen LogP contribution in [0.3, 0.4) is 0 Å². The summed E-state index contributed by atoms with van der Waals surface area (Å²) in [6, 6.07) is 155. The van der Waals surface area contributed by atoms with Crippen molar-refractivity contribution >= 4 is 172 Å². The molecule has 28 rings (SSSR count). The van der Waals surface area contributed by atoms with Crippen molar-refractivity contribution in [1.82, 2.24) is 48.2 Å². The van der Waals surface area contributed by atoms with E-state index in [2.05, 4.69) is 322 Å². The predicted molar refractivity (Wildman–Crippen MR) is 554 cm³/mol. The van der Waals surface area contributed by atoms with Crippen LogP contribution in [0.5, 0.6) is 0 Å². The largest absolute Gasteiger partial charge is 0.455 e. The van der Waals surface area contributed by atoms with E-state index in [0.717, 1.165) is 111 Å². The molecule has 0 bridgehead atoms. The Hall–Kier alpha value is -17.4. The summed E-state index contributed by atoms with van der Waals surface area (Å²) in [4.78, 5) is 29.9. The van der Waals surface area contributed by atoms with Crippen molar-refractivity contribution in [1.29, 1.82) is 0 Å². The van der Waals surface area contributed by atoms with Crippen LogP contribution < -0.4 is 0 Å². The van der Waals surface area contributed by atoms with Gasteiger partial charge < -0.3 is 22.7 Å². The van der Waals surface area contributed by atoms with Gasteiger partial charge in [-0.2, -0.15) is 0 Å². The number of rotatable bonds is 12. The van der Waals surface area contributed by atoms with Crippen LogP contribution in [0.4, 0.5) is 0 Å². The molecule has 133 heavy (non-hydrogen) atoms. The normalized spacial score (nSPS) is 11.9. The first-order valence-corrected chi connectivity index (χ1v) is 46.3. The van der Waals surface area contributed by atoms with Crippen molar-refractivity contribution in [2.75, 3.05) is 0 Å². The summed E-state index contributed by atoms with van der Waals surface area (Å²) in [5, 5.41) is 17.0. The Morgan fingerprint density at radius 3 is 1.05 bits per heavy atom. The van der Waals surface area contributed by atoms with Crippen molar-refractivity contribution < 1.29 is 4.42 Å². The minimum atomic E-state index is 0.638. The average molecular weight is 1730 g/mol. The van der Waals surface area contributed by atoms with Crippen LogP contribution in [0.1, 0.15) is 0 Å². The Morgan fingerprint density at radius 1 is 0.180 bits per heavy atom. The van der Waals surface area contributed by atoms with E-state index in [1.54, 1.807) is 0 Å². The number of para-hydroxylation sites is 7. The van der Waals surface area contributed by atoms with E-state index < -0.39 is 0 Å². The number of furan rings is 1. The van der Waals surface area contributed by atoms with E-state index >= 15 is 0 Å². The Labute approximate surface area is 769 Å². The monoisotopic (exact) mass is 1730 g/mol. The smallest absolute Gasteiger partial charge is 0.164 e. The summed E-state index contributed by atoms with van der Waals surface area (Å²) in [5.41, 5.74) is 26.1.